The van der Waals surface area contributed by atoms with E-state index in [9.17, 15) is 18.0 Å². The number of rotatable bonds is 5. The number of halogens is 3. The molecule has 2 N–H and O–H groups in total. The van der Waals surface area contributed by atoms with Crippen LogP contribution in [0.2, 0.25) is 0 Å². The molecule has 3 nitrogen and oxygen atoms in total. The number of carboxylic acid groups (broad SMARTS) is 1. The van der Waals surface area contributed by atoms with Crippen LogP contribution >= 0.6 is 0 Å². The number of anilines is 1. The fraction of sp³-hybridized carbons (Fsp3) is 0.364. The largest absolute Gasteiger partial charge is 0.480 e. The Morgan fingerprint density at radius 2 is 2.06 bits per heavy atom. The van der Waals surface area contributed by atoms with Gasteiger partial charge in [0.2, 0.25) is 0 Å². The van der Waals surface area contributed by atoms with Gasteiger partial charge < -0.3 is 10.4 Å². The van der Waals surface area contributed by atoms with Gasteiger partial charge in [0, 0.05) is 12.1 Å². The van der Waals surface area contributed by atoms with E-state index in [1.807, 2.05) is 0 Å². The molecule has 0 saturated carbocycles. The van der Waals surface area contributed by atoms with Crippen molar-refractivity contribution in [3.05, 3.63) is 29.6 Å². The van der Waals surface area contributed by atoms with E-state index >= 15 is 0 Å². The summed E-state index contributed by atoms with van der Waals surface area (Å²) in [5, 5.41) is 11.1. The summed E-state index contributed by atoms with van der Waals surface area (Å²) in [6.07, 6.45) is 0.774. The van der Waals surface area contributed by atoms with Gasteiger partial charge in [0.05, 0.1) is 5.69 Å². The maximum absolute atomic E-state index is 13.2. The average Bonchev–Trinajstić information content (AvgIpc) is 2.24. The maximum atomic E-state index is 13.2. The normalized spacial score (nSPS) is 12.2. The molecule has 0 radical (unpaired) electrons. The minimum Gasteiger partial charge on any atom is -0.480 e. The molecule has 1 rings (SSSR count). The molecule has 0 aliphatic heterocycles. The van der Waals surface area contributed by atoms with E-state index in [4.69, 9.17) is 5.11 Å². The highest BCUT2D eigenvalue weighted by atomic mass is 19.2. The van der Waals surface area contributed by atoms with Crippen LogP contribution in [0.1, 0.15) is 19.8 Å². The van der Waals surface area contributed by atoms with Crippen LogP contribution in [0.25, 0.3) is 0 Å². The predicted octanol–water partition coefficient (Wildman–Crippen LogP) is 2.77. The Hall–Kier alpha value is -1.72. The van der Waals surface area contributed by atoms with Crippen LogP contribution in [0.5, 0.6) is 0 Å². The molecule has 17 heavy (non-hydrogen) atoms. The van der Waals surface area contributed by atoms with Crippen molar-refractivity contribution in [2.24, 2.45) is 0 Å². The van der Waals surface area contributed by atoms with Crippen molar-refractivity contribution in [3.8, 4) is 0 Å². The van der Waals surface area contributed by atoms with Crippen molar-refractivity contribution in [2.75, 3.05) is 5.32 Å². The second kappa shape index (κ2) is 5.56. The van der Waals surface area contributed by atoms with Gasteiger partial charge in [0.1, 0.15) is 11.9 Å². The van der Waals surface area contributed by atoms with Crippen molar-refractivity contribution in [1.29, 1.82) is 0 Å². The van der Waals surface area contributed by atoms with Gasteiger partial charge in [0.15, 0.2) is 11.6 Å². The molecule has 6 heteroatoms. The first-order chi connectivity index (χ1) is 7.95. The van der Waals surface area contributed by atoms with Gasteiger partial charge in [-0.25, -0.2) is 18.0 Å². The lowest BCUT2D eigenvalue weighted by Crippen LogP contribution is -2.29. The molecule has 1 aromatic rings. The minimum absolute atomic E-state index is 0.229. The fourth-order valence-corrected chi connectivity index (χ4v) is 1.39. The van der Waals surface area contributed by atoms with Crippen molar-refractivity contribution < 1.29 is 23.1 Å². The van der Waals surface area contributed by atoms with Gasteiger partial charge >= 0.3 is 5.97 Å². The fourth-order valence-electron chi connectivity index (χ4n) is 1.39. The Morgan fingerprint density at radius 3 is 2.59 bits per heavy atom. The summed E-state index contributed by atoms with van der Waals surface area (Å²) in [7, 11) is 0. The molecule has 0 spiro atoms. The summed E-state index contributed by atoms with van der Waals surface area (Å²) in [6, 6.07) is 0.0517. The Kier molecular flexibility index (Phi) is 4.37. The third-order valence-corrected chi connectivity index (χ3v) is 2.20. The second-order valence-corrected chi connectivity index (χ2v) is 3.57. The van der Waals surface area contributed by atoms with Gasteiger partial charge in [-0.15, -0.1) is 0 Å². The quantitative estimate of drug-likeness (QED) is 0.786. The maximum Gasteiger partial charge on any atom is 0.326 e. The monoisotopic (exact) mass is 247 g/mol. The van der Waals surface area contributed by atoms with Crippen molar-refractivity contribution in [3.63, 3.8) is 0 Å². The first-order valence-electron chi connectivity index (χ1n) is 5.09. The Balaban J connectivity index is 2.96. The zero-order valence-corrected chi connectivity index (χ0v) is 9.14. The van der Waals surface area contributed by atoms with Crippen LogP contribution in [0.3, 0.4) is 0 Å². The number of nitrogens with one attached hydrogen (secondary N) is 1. The first kappa shape index (κ1) is 13.3. The topological polar surface area (TPSA) is 49.3 Å². The number of carboxylic acids is 1. The van der Waals surface area contributed by atoms with Crippen LogP contribution < -0.4 is 5.32 Å². The smallest absolute Gasteiger partial charge is 0.326 e. The second-order valence-electron chi connectivity index (χ2n) is 3.57. The van der Waals surface area contributed by atoms with Crippen LogP contribution in [-0.2, 0) is 4.79 Å². The number of hydrogen-bond donors (Lipinski definition) is 2. The lowest BCUT2D eigenvalue weighted by atomic mass is 10.1. The van der Waals surface area contributed by atoms with Gasteiger partial charge in [-0.05, 0) is 6.42 Å². The zero-order chi connectivity index (χ0) is 13.0. The standard InChI is InChI=1S/C11H12F3NO2/c1-2-3-8(11(16)17)15-9-5-6(12)4-7(13)10(9)14/h4-5,8,15H,2-3H2,1H3,(H,16,17). The summed E-state index contributed by atoms with van der Waals surface area (Å²) in [6.45, 7) is 1.75. The van der Waals surface area contributed by atoms with E-state index in [0.29, 0.717) is 12.5 Å². The SMILES string of the molecule is CCCC(Nc1cc(F)cc(F)c1F)C(=O)O. The van der Waals surface area contributed by atoms with Gasteiger partial charge in [0.25, 0.3) is 0 Å². The first-order valence-corrected chi connectivity index (χ1v) is 5.09. The Bertz CT molecular complexity index is 423. The van der Waals surface area contributed by atoms with Crippen LogP contribution in [0.4, 0.5) is 18.9 Å². The molecule has 1 aromatic carbocycles. The van der Waals surface area contributed by atoms with Gasteiger partial charge in [-0.2, -0.15) is 0 Å². The van der Waals surface area contributed by atoms with E-state index in [2.05, 4.69) is 5.32 Å². The van der Waals surface area contributed by atoms with E-state index < -0.39 is 35.2 Å². The molecule has 0 heterocycles. The van der Waals surface area contributed by atoms with Gasteiger partial charge in [-0.3, -0.25) is 0 Å². The Morgan fingerprint density at radius 1 is 1.41 bits per heavy atom. The molecular weight excluding hydrogens is 235 g/mol. The summed E-state index contributed by atoms with van der Waals surface area (Å²) in [5.41, 5.74) is -0.483. The van der Waals surface area contributed by atoms with Crippen molar-refractivity contribution in [1.82, 2.24) is 0 Å². The highest BCUT2D eigenvalue weighted by Crippen LogP contribution is 2.20. The van der Waals surface area contributed by atoms with Crippen LogP contribution in [-0.4, -0.2) is 17.1 Å². The highest BCUT2D eigenvalue weighted by molar-refractivity contribution is 5.77. The van der Waals surface area contributed by atoms with Crippen LogP contribution in [0.15, 0.2) is 12.1 Å². The molecule has 0 saturated heterocycles. The molecule has 0 fully saturated rings. The highest BCUT2D eigenvalue weighted by Gasteiger charge is 2.19. The third kappa shape index (κ3) is 3.37. The summed E-state index contributed by atoms with van der Waals surface area (Å²) >= 11 is 0. The van der Waals surface area contributed by atoms with E-state index in [1.54, 1.807) is 6.92 Å². The number of carbonyl (C=O) groups is 1. The Labute approximate surface area is 96.3 Å². The predicted molar refractivity (Wildman–Crippen MR) is 56.3 cm³/mol. The minimum atomic E-state index is -1.35. The van der Waals surface area contributed by atoms with E-state index in [1.165, 1.54) is 0 Å². The number of aliphatic carboxylic acids is 1. The third-order valence-electron chi connectivity index (χ3n) is 2.20. The molecule has 0 aromatic heterocycles. The molecular formula is C11H12F3NO2. The molecule has 0 amide bonds. The summed E-state index contributed by atoms with van der Waals surface area (Å²) in [4.78, 5) is 10.8. The lowest BCUT2D eigenvalue weighted by molar-refractivity contribution is -0.138. The molecule has 0 aliphatic rings. The molecule has 0 bridgehead atoms. The summed E-state index contributed by atoms with van der Waals surface area (Å²) in [5.74, 6) is -4.80. The molecule has 0 aliphatic carbocycles. The lowest BCUT2D eigenvalue weighted by Gasteiger charge is -2.15. The van der Waals surface area contributed by atoms with Crippen molar-refractivity contribution >= 4 is 11.7 Å². The van der Waals surface area contributed by atoms with Crippen LogP contribution in [0, 0.1) is 17.5 Å². The van der Waals surface area contributed by atoms with E-state index in [0.717, 1.165) is 6.07 Å². The zero-order valence-electron chi connectivity index (χ0n) is 9.14. The molecule has 1 unspecified atom stereocenters. The molecule has 94 valence electrons. The van der Waals surface area contributed by atoms with Crippen molar-refractivity contribution in [2.45, 2.75) is 25.8 Å². The van der Waals surface area contributed by atoms with E-state index in [-0.39, 0.29) is 6.42 Å². The number of benzene rings is 1. The average molecular weight is 247 g/mol. The number of hydrogen-bond acceptors (Lipinski definition) is 2. The van der Waals surface area contributed by atoms with Gasteiger partial charge in [-0.1, -0.05) is 13.3 Å². The molecule has 1 atom stereocenters. The summed E-state index contributed by atoms with van der Waals surface area (Å²) < 4.78 is 39.0.